The molecule has 0 bridgehead atoms. The Labute approximate surface area is 113 Å². The number of carbonyl (C=O) groups excluding carboxylic acids is 1. The highest BCUT2D eigenvalue weighted by Crippen LogP contribution is 2.31. The van der Waals surface area contributed by atoms with E-state index in [2.05, 4.69) is 18.2 Å². The fourth-order valence-corrected chi connectivity index (χ4v) is 2.53. The standard InChI is InChI=1S/C14H19NO2S/c1-10-6-7-11(2)12(8-10)18-13(9-15(3)4)14(16)17-5/h6-9H,1-5H3/b13-9+. The summed E-state index contributed by atoms with van der Waals surface area (Å²) >= 11 is 1.44. The molecule has 0 unspecified atom stereocenters. The third kappa shape index (κ3) is 4.11. The second-order valence-corrected chi connectivity index (χ2v) is 5.40. The van der Waals surface area contributed by atoms with Gasteiger partial charge in [-0.3, -0.25) is 0 Å². The van der Waals surface area contributed by atoms with E-state index in [0.29, 0.717) is 4.91 Å². The molecule has 1 rings (SSSR count). The first-order valence-electron chi connectivity index (χ1n) is 5.65. The minimum Gasteiger partial charge on any atom is -0.465 e. The maximum atomic E-state index is 11.7. The molecule has 98 valence electrons. The lowest BCUT2D eigenvalue weighted by Crippen LogP contribution is -2.09. The molecule has 0 fully saturated rings. The van der Waals surface area contributed by atoms with Crippen molar-refractivity contribution in [3.63, 3.8) is 0 Å². The number of aryl methyl sites for hydroxylation is 2. The van der Waals surface area contributed by atoms with Crippen LogP contribution in [0.1, 0.15) is 11.1 Å². The van der Waals surface area contributed by atoms with Gasteiger partial charge in [-0.1, -0.05) is 23.9 Å². The molecule has 0 aromatic heterocycles. The number of nitrogens with zero attached hydrogens (tertiary/aromatic N) is 1. The molecule has 0 heterocycles. The topological polar surface area (TPSA) is 29.5 Å². The Morgan fingerprint density at radius 1 is 1.33 bits per heavy atom. The first-order valence-corrected chi connectivity index (χ1v) is 6.47. The van der Waals surface area contributed by atoms with Gasteiger partial charge in [0.15, 0.2) is 0 Å². The molecule has 0 atom stereocenters. The fourth-order valence-electron chi connectivity index (χ4n) is 1.39. The normalized spacial score (nSPS) is 11.3. The highest BCUT2D eigenvalue weighted by atomic mass is 32.2. The van der Waals surface area contributed by atoms with Gasteiger partial charge in [-0.15, -0.1) is 0 Å². The molecule has 1 aromatic carbocycles. The Morgan fingerprint density at radius 2 is 2.00 bits per heavy atom. The SMILES string of the molecule is COC(=O)/C(=C\N(C)C)Sc1cc(C)ccc1C. The summed E-state index contributed by atoms with van der Waals surface area (Å²) in [5.74, 6) is -0.311. The van der Waals surface area contributed by atoms with Crippen LogP contribution in [0.15, 0.2) is 34.2 Å². The molecule has 4 heteroatoms. The number of carbonyl (C=O) groups is 1. The largest absolute Gasteiger partial charge is 0.465 e. The first-order chi connectivity index (χ1) is 8.43. The van der Waals surface area contributed by atoms with Crippen LogP contribution in [0.3, 0.4) is 0 Å². The molecule has 0 aliphatic carbocycles. The van der Waals surface area contributed by atoms with Crippen LogP contribution in [0.4, 0.5) is 0 Å². The van der Waals surface area contributed by atoms with E-state index in [1.807, 2.05) is 32.8 Å². The van der Waals surface area contributed by atoms with Crippen LogP contribution < -0.4 is 0 Å². The van der Waals surface area contributed by atoms with Crippen molar-refractivity contribution >= 4 is 17.7 Å². The van der Waals surface area contributed by atoms with Gasteiger partial charge in [0.05, 0.1) is 7.11 Å². The number of methoxy groups -OCH3 is 1. The first kappa shape index (κ1) is 14.6. The van der Waals surface area contributed by atoms with E-state index in [0.717, 1.165) is 10.5 Å². The summed E-state index contributed by atoms with van der Waals surface area (Å²) in [5.41, 5.74) is 2.33. The van der Waals surface area contributed by atoms with Crippen molar-refractivity contribution < 1.29 is 9.53 Å². The summed E-state index contributed by atoms with van der Waals surface area (Å²) in [6, 6.07) is 6.20. The van der Waals surface area contributed by atoms with Gasteiger partial charge in [0.1, 0.15) is 4.91 Å². The summed E-state index contributed by atoms with van der Waals surface area (Å²) in [6.07, 6.45) is 1.78. The zero-order valence-electron chi connectivity index (χ0n) is 11.5. The fraction of sp³-hybridized carbons (Fsp3) is 0.357. The molecule has 1 aromatic rings. The molecule has 0 aliphatic rings. The molecule has 0 radical (unpaired) electrons. The summed E-state index contributed by atoms with van der Waals surface area (Å²) in [4.78, 5) is 15.2. The lowest BCUT2D eigenvalue weighted by atomic mass is 10.2. The minimum absolute atomic E-state index is 0.311. The summed E-state index contributed by atoms with van der Waals surface area (Å²) in [7, 11) is 5.16. The van der Waals surface area contributed by atoms with Gasteiger partial charge in [0.25, 0.3) is 0 Å². The summed E-state index contributed by atoms with van der Waals surface area (Å²) in [6.45, 7) is 4.07. The van der Waals surface area contributed by atoms with Crippen molar-refractivity contribution in [3.05, 3.63) is 40.4 Å². The number of thioether (sulfide) groups is 1. The van der Waals surface area contributed by atoms with Crippen molar-refractivity contribution in [2.45, 2.75) is 18.7 Å². The second-order valence-electron chi connectivity index (χ2n) is 4.32. The number of ether oxygens (including phenoxy) is 1. The Kier molecular flexibility index (Phi) is 5.28. The van der Waals surface area contributed by atoms with E-state index in [1.165, 1.54) is 24.4 Å². The zero-order chi connectivity index (χ0) is 13.7. The van der Waals surface area contributed by atoms with E-state index < -0.39 is 0 Å². The van der Waals surface area contributed by atoms with Crippen LogP contribution in [0.2, 0.25) is 0 Å². The van der Waals surface area contributed by atoms with Crippen LogP contribution in [0.25, 0.3) is 0 Å². The van der Waals surface area contributed by atoms with Crippen molar-refractivity contribution in [2.24, 2.45) is 0 Å². The van der Waals surface area contributed by atoms with Gasteiger partial charge in [-0.05, 0) is 31.0 Å². The second kappa shape index (κ2) is 6.50. The molecular weight excluding hydrogens is 246 g/mol. The van der Waals surface area contributed by atoms with Crippen LogP contribution >= 0.6 is 11.8 Å². The van der Waals surface area contributed by atoms with Crippen LogP contribution in [-0.4, -0.2) is 32.1 Å². The highest BCUT2D eigenvalue weighted by Gasteiger charge is 2.13. The highest BCUT2D eigenvalue weighted by molar-refractivity contribution is 8.04. The van der Waals surface area contributed by atoms with Crippen molar-refractivity contribution in [1.82, 2.24) is 4.90 Å². The van der Waals surface area contributed by atoms with E-state index in [4.69, 9.17) is 4.74 Å². The molecule has 0 N–H and O–H groups in total. The minimum atomic E-state index is -0.311. The Bertz CT molecular complexity index is 467. The third-order valence-electron chi connectivity index (χ3n) is 2.33. The van der Waals surface area contributed by atoms with Crippen LogP contribution in [-0.2, 0) is 9.53 Å². The Balaban J connectivity index is 3.03. The van der Waals surface area contributed by atoms with Gasteiger partial charge in [0, 0.05) is 25.2 Å². The van der Waals surface area contributed by atoms with Crippen LogP contribution in [0.5, 0.6) is 0 Å². The maximum absolute atomic E-state index is 11.7. The summed E-state index contributed by atoms with van der Waals surface area (Å²) in [5, 5.41) is 0. The molecule has 0 saturated carbocycles. The Morgan fingerprint density at radius 3 is 2.56 bits per heavy atom. The number of rotatable bonds is 4. The average molecular weight is 265 g/mol. The molecule has 18 heavy (non-hydrogen) atoms. The molecule has 3 nitrogen and oxygen atoms in total. The number of hydrogen-bond acceptors (Lipinski definition) is 4. The number of benzene rings is 1. The molecule has 0 amide bonds. The van der Waals surface area contributed by atoms with Gasteiger partial charge >= 0.3 is 5.97 Å². The smallest absolute Gasteiger partial charge is 0.346 e. The average Bonchev–Trinajstić information content (AvgIpc) is 2.31. The zero-order valence-corrected chi connectivity index (χ0v) is 12.3. The molecular formula is C14H19NO2S. The predicted octanol–water partition coefficient (Wildman–Crippen LogP) is 2.97. The van der Waals surface area contributed by atoms with Gasteiger partial charge in [-0.25, -0.2) is 4.79 Å². The van der Waals surface area contributed by atoms with E-state index >= 15 is 0 Å². The lowest BCUT2D eigenvalue weighted by molar-refractivity contribution is -0.135. The van der Waals surface area contributed by atoms with Crippen molar-refractivity contribution in [3.8, 4) is 0 Å². The lowest BCUT2D eigenvalue weighted by Gasteiger charge is -2.12. The summed E-state index contributed by atoms with van der Waals surface area (Å²) < 4.78 is 4.80. The van der Waals surface area contributed by atoms with E-state index in [9.17, 15) is 4.79 Å². The molecule has 0 saturated heterocycles. The monoisotopic (exact) mass is 265 g/mol. The number of esters is 1. The van der Waals surface area contributed by atoms with Gasteiger partial charge in [0.2, 0.25) is 0 Å². The van der Waals surface area contributed by atoms with Crippen molar-refractivity contribution in [1.29, 1.82) is 0 Å². The van der Waals surface area contributed by atoms with Crippen LogP contribution in [0, 0.1) is 13.8 Å². The maximum Gasteiger partial charge on any atom is 0.346 e. The van der Waals surface area contributed by atoms with E-state index in [1.54, 1.807) is 6.20 Å². The predicted molar refractivity (Wildman–Crippen MR) is 75.6 cm³/mol. The third-order valence-corrected chi connectivity index (χ3v) is 3.48. The van der Waals surface area contributed by atoms with Crippen molar-refractivity contribution in [2.75, 3.05) is 21.2 Å². The van der Waals surface area contributed by atoms with E-state index in [-0.39, 0.29) is 5.97 Å². The van der Waals surface area contributed by atoms with Gasteiger partial charge in [-0.2, -0.15) is 0 Å². The number of hydrogen-bond donors (Lipinski definition) is 0. The molecule has 0 aliphatic heterocycles. The quantitative estimate of drug-likeness (QED) is 0.475. The Hall–Kier alpha value is -1.42. The van der Waals surface area contributed by atoms with Gasteiger partial charge < -0.3 is 9.64 Å². The molecule has 0 spiro atoms.